The minimum Gasteiger partial charge on any atom is -0.443 e. The van der Waals surface area contributed by atoms with Gasteiger partial charge in [0.05, 0.1) is 6.04 Å². The lowest BCUT2D eigenvalue weighted by molar-refractivity contribution is 0.0333. The molecule has 2 rings (SSSR count). The van der Waals surface area contributed by atoms with Gasteiger partial charge in [-0.15, -0.1) is 11.6 Å². The Balaban J connectivity index is 2.27. The van der Waals surface area contributed by atoms with Crippen molar-refractivity contribution >= 4 is 18.1 Å². The summed E-state index contributed by atoms with van der Waals surface area (Å²) in [7, 11) is 0. The van der Waals surface area contributed by atoms with E-state index in [2.05, 4.69) is 11.6 Å². The van der Waals surface area contributed by atoms with Crippen molar-refractivity contribution in [2.75, 3.05) is 0 Å². The summed E-state index contributed by atoms with van der Waals surface area (Å²) in [4.78, 5) is 29.9. The third-order valence-corrected chi connectivity index (χ3v) is 3.89. The third-order valence-electron chi connectivity index (χ3n) is 3.89. The number of nitrogens with two attached hydrogens (primary N) is 1. The third kappa shape index (κ3) is 6.77. The molecule has 0 aliphatic rings. The zero-order chi connectivity index (χ0) is 22.1. The van der Waals surface area contributed by atoms with Crippen LogP contribution in [0.4, 0.5) is 9.59 Å². The lowest BCUT2D eigenvalue weighted by Gasteiger charge is -2.31. The molecule has 0 aliphatic heterocycles. The normalized spacial score (nSPS) is 12.6. The van der Waals surface area contributed by atoms with Crippen molar-refractivity contribution in [3.63, 3.8) is 0 Å². The van der Waals surface area contributed by atoms with Crippen molar-refractivity contribution in [1.29, 1.82) is 0 Å². The molecule has 0 aliphatic carbocycles. The Kier molecular flexibility index (Phi) is 7.75. The van der Waals surface area contributed by atoms with Crippen molar-refractivity contribution in [3.05, 3.63) is 84.4 Å². The SMILES string of the molecule is C=CC(c1ccccc1)N(C(=O)OC(C)(C)C)/C(N)=N/C(=O)OCc1ccccc1. The van der Waals surface area contributed by atoms with Crippen LogP contribution in [0.3, 0.4) is 0 Å². The van der Waals surface area contributed by atoms with E-state index in [4.69, 9.17) is 15.2 Å². The van der Waals surface area contributed by atoms with Gasteiger partial charge in [0.2, 0.25) is 5.96 Å². The summed E-state index contributed by atoms with van der Waals surface area (Å²) in [5.41, 5.74) is 6.81. The average Bonchev–Trinajstić information content (AvgIpc) is 2.70. The molecule has 0 saturated heterocycles. The Morgan fingerprint density at radius 1 is 1.10 bits per heavy atom. The van der Waals surface area contributed by atoms with E-state index in [0.29, 0.717) is 0 Å². The lowest BCUT2D eigenvalue weighted by atomic mass is 10.1. The smallest absolute Gasteiger partial charge is 0.437 e. The van der Waals surface area contributed by atoms with Gasteiger partial charge in [0.15, 0.2) is 0 Å². The van der Waals surface area contributed by atoms with Crippen LogP contribution in [-0.4, -0.2) is 28.6 Å². The number of ether oxygens (including phenoxy) is 2. The first-order valence-corrected chi connectivity index (χ1v) is 9.46. The Morgan fingerprint density at radius 3 is 2.20 bits per heavy atom. The molecule has 0 radical (unpaired) electrons. The van der Waals surface area contributed by atoms with Crippen LogP contribution in [0.15, 0.2) is 78.3 Å². The predicted molar refractivity (Wildman–Crippen MR) is 116 cm³/mol. The van der Waals surface area contributed by atoms with Crippen molar-refractivity contribution in [3.8, 4) is 0 Å². The number of carbonyl (C=O) groups excluding carboxylic acids is 2. The fraction of sp³-hybridized carbons (Fsp3) is 0.261. The average molecular weight is 409 g/mol. The molecule has 0 saturated carbocycles. The number of nitrogens with zero attached hydrogens (tertiary/aromatic N) is 2. The Morgan fingerprint density at radius 2 is 1.67 bits per heavy atom. The molecule has 7 heteroatoms. The van der Waals surface area contributed by atoms with Crippen LogP contribution in [-0.2, 0) is 16.1 Å². The predicted octanol–water partition coefficient (Wildman–Crippen LogP) is 4.80. The number of carbonyl (C=O) groups is 2. The summed E-state index contributed by atoms with van der Waals surface area (Å²) >= 11 is 0. The molecule has 2 N–H and O–H groups in total. The second-order valence-electron chi connectivity index (χ2n) is 7.45. The summed E-state index contributed by atoms with van der Waals surface area (Å²) in [6.45, 7) is 9.03. The molecular formula is C23H27N3O4. The number of hydrogen-bond donors (Lipinski definition) is 1. The maximum absolute atomic E-state index is 12.9. The molecule has 0 heterocycles. The Bertz CT molecular complexity index is 890. The monoisotopic (exact) mass is 409 g/mol. The molecule has 30 heavy (non-hydrogen) atoms. The van der Waals surface area contributed by atoms with Gasteiger partial charge in [-0.25, -0.2) is 14.5 Å². The molecule has 0 fully saturated rings. The minimum absolute atomic E-state index is 0.0342. The topological polar surface area (TPSA) is 94.2 Å². The maximum Gasteiger partial charge on any atom is 0.437 e. The van der Waals surface area contributed by atoms with Crippen LogP contribution in [0, 0.1) is 0 Å². The summed E-state index contributed by atoms with van der Waals surface area (Å²) < 4.78 is 10.6. The highest BCUT2D eigenvalue weighted by Gasteiger charge is 2.31. The van der Waals surface area contributed by atoms with Crippen molar-refractivity contribution in [2.24, 2.45) is 10.7 Å². The summed E-state index contributed by atoms with van der Waals surface area (Å²) in [5, 5.41) is 0. The number of benzene rings is 2. The van der Waals surface area contributed by atoms with E-state index in [1.165, 1.54) is 6.08 Å². The van der Waals surface area contributed by atoms with E-state index in [0.717, 1.165) is 16.0 Å². The standard InChI is InChI=1S/C23H27N3O4/c1-5-19(18-14-10-7-11-15-18)26(22(28)30-23(2,3)4)20(24)25-21(27)29-16-17-12-8-6-9-13-17/h5-15,19H,1,16H2,2-4H3,(H2,24,25,27). The van der Waals surface area contributed by atoms with Gasteiger partial charge in [0.1, 0.15) is 12.2 Å². The van der Waals surface area contributed by atoms with Gasteiger partial charge >= 0.3 is 12.2 Å². The van der Waals surface area contributed by atoms with Gasteiger partial charge in [-0.3, -0.25) is 0 Å². The van der Waals surface area contributed by atoms with Crippen LogP contribution in [0.25, 0.3) is 0 Å². The molecular weight excluding hydrogens is 382 g/mol. The number of hydrogen-bond acceptors (Lipinski definition) is 4. The first-order chi connectivity index (χ1) is 14.2. The van der Waals surface area contributed by atoms with Crippen LogP contribution < -0.4 is 5.73 Å². The van der Waals surface area contributed by atoms with Crippen LogP contribution >= 0.6 is 0 Å². The van der Waals surface area contributed by atoms with E-state index in [1.807, 2.05) is 60.7 Å². The number of aliphatic imine (C=N–C) groups is 1. The van der Waals surface area contributed by atoms with E-state index in [-0.39, 0.29) is 12.6 Å². The molecule has 0 aromatic heterocycles. The van der Waals surface area contributed by atoms with Gasteiger partial charge < -0.3 is 15.2 Å². The highest BCUT2D eigenvalue weighted by molar-refractivity contribution is 5.98. The molecule has 7 nitrogen and oxygen atoms in total. The van der Waals surface area contributed by atoms with Crippen molar-refractivity contribution < 1.29 is 19.1 Å². The highest BCUT2D eigenvalue weighted by Crippen LogP contribution is 2.24. The Hall–Kier alpha value is -3.61. The van der Waals surface area contributed by atoms with Crippen LogP contribution in [0.2, 0.25) is 0 Å². The molecule has 0 spiro atoms. The van der Waals surface area contributed by atoms with E-state index >= 15 is 0 Å². The number of amides is 2. The maximum atomic E-state index is 12.9. The molecule has 2 aromatic carbocycles. The summed E-state index contributed by atoms with van der Waals surface area (Å²) in [5.74, 6) is -0.351. The number of rotatable bonds is 5. The van der Waals surface area contributed by atoms with Gasteiger partial charge in [-0.2, -0.15) is 0 Å². The quantitative estimate of drug-likeness (QED) is 0.435. The summed E-state index contributed by atoms with van der Waals surface area (Å²) in [6, 6.07) is 17.6. The molecule has 2 aromatic rings. The highest BCUT2D eigenvalue weighted by atomic mass is 16.6. The van der Waals surface area contributed by atoms with Gasteiger partial charge in [0, 0.05) is 0 Å². The van der Waals surface area contributed by atoms with Crippen LogP contribution in [0.1, 0.15) is 37.9 Å². The molecule has 158 valence electrons. The minimum atomic E-state index is -0.916. The molecule has 2 amide bonds. The van der Waals surface area contributed by atoms with Crippen molar-refractivity contribution in [1.82, 2.24) is 4.90 Å². The van der Waals surface area contributed by atoms with Gasteiger partial charge in [0.25, 0.3) is 0 Å². The first-order valence-electron chi connectivity index (χ1n) is 9.46. The molecule has 1 atom stereocenters. The van der Waals surface area contributed by atoms with E-state index < -0.39 is 23.8 Å². The van der Waals surface area contributed by atoms with Crippen LogP contribution in [0.5, 0.6) is 0 Å². The lowest BCUT2D eigenvalue weighted by Crippen LogP contribution is -2.46. The summed E-state index contributed by atoms with van der Waals surface area (Å²) in [6.07, 6.45) is -0.147. The second-order valence-corrected chi connectivity index (χ2v) is 7.45. The second kappa shape index (κ2) is 10.2. The Labute approximate surface area is 176 Å². The molecule has 0 bridgehead atoms. The van der Waals surface area contributed by atoms with Gasteiger partial charge in [-0.1, -0.05) is 66.7 Å². The zero-order valence-electron chi connectivity index (χ0n) is 17.4. The van der Waals surface area contributed by atoms with Gasteiger partial charge in [-0.05, 0) is 31.9 Å². The fourth-order valence-electron chi connectivity index (χ4n) is 2.60. The first kappa shape index (κ1) is 22.7. The zero-order valence-corrected chi connectivity index (χ0v) is 17.4. The van der Waals surface area contributed by atoms with E-state index in [9.17, 15) is 9.59 Å². The van der Waals surface area contributed by atoms with E-state index in [1.54, 1.807) is 20.8 Å². The van der Waals surface area contributed by atoms with Crippen molar-refractivity contribution in [2.45, 2.75) is 39.0 Å². The fourth-order valence-corrected chi connectivity index (χ4v) is 2.60. The molecule has 1 unspecified atom stereocenters. The largest absolute Gasteiger partial charge is 0.443 e. The number of guanidine groups is 1.